The number of carbonyl (C=O) groups excluding carboxylic acids is 1. The number of carbonyl (C=O) groups is 1. The van der Waals surface area contributed by atoms with Crippen LogP contribution in [-0.2, 0) is 11.2 Å². The first-order chi connectivity index (χ1) is 10.8. The van der Waals surface area contributed by atoms with E-state index in [1.165, 1.54) is 0 Å². The van der Waals surface area contributed by atoms with Crippen LogP contribution in [0.2, 0.25) is 0 Å². The lowest BCUT2D eigenvalue weighted by Gasteiger charge is -2.24. The first kappa shape index (κ1) is 14.4. The third-order valence-corrected chi connectivity index (χ3v) is 3.56. The highest BCUT2D eigenvalue weighted by Crippen LogP contribution is 2.28. The van der Waals surface area contributed by atoms with Crippen LogP contribution in [0, 0.1) is 5.92 Å². The molecule has 22 heavy (non-hydrogen) atoms. The first-order valence-corrected chi connectivity index (χ1v) is 7.37. The van der Waals surface area contributed by atoms with Crippen LogP contribution in [-0.4, -0.2) is 24.1 Å². The Morgan fingerprint density at radius 3 is 3.09 bits per heavy atom. The fourth-order valence-corrected chi connectivity index (χ4v) is 2.47. The second kappa shape index (κ2) is 6.47. The van der Waals surface area contributed by atoms with E-state index in [-0.39, 0.29) is 11.8 Å². The number of hydrogen-bond acceptors (Lipinski definition) is 4. The minimum atomic E-state index is -0.218. The van der Waals surface area contributed by atoms with Crippen LogP contribution in [0.5, 0.6) is 11.6 Å². The molecule has 1 atom stereocenters. The van der Waals surface area contributed by atoms with Crippen molar-refractivity contribution >= 4 is 11.6 Å². The molecule has 2 heterocycles. The van der Waals surface area contributed by atoms with E-state index in [0.717, 1.165) is 11.3 Å². The van der Waals surface area contributed by atoms with Gasteiger partial charge in [0.25, 0.3) is 0 Å². The summed E-state index contributed by atoms with van der Waals surface area (Å²) >= 11 is 0. The summed E-state index contributed by atoms with van der Waals surface area (Å²) in [6, 6.07) is 11.4. The van der Waals surface area contributed by atoms with Gasteiger partial charge in [0.1, 0.15) is 18.0 Å². The minimum Gasteiger partial charge on any atom is -0.492 e. The van der Waals surface area contributed by atoms with Crippen molar-refractivity contribution in [1.82, 2.24) is 4.98 Å². The molecule has 1 aromatic carbocycles. The second-order valence-corrected chi connectivity index (χ2v) is 5.10. The van der Waals surface area contributed by atoms with E-state index >= 15 is 0 Å². The number of fused-ring (bicyclic) bond motifs is 1. The quantitative estimate of drug-likeness (QED) is 0.942. The molecule has 0 aliphatic carbocycles. The molecule has 1 aliphatic heterocycles. The lowest BCUT2D eigenvalue weighted by molar-refractivity contribution is -0.121. The van der Waals surface area contributed by atoms with Gasteiger partial charge in [-0.15, -0.1) is 0 Å². The molecule has 3 rings (SSSR count). The number of aromatic nitrogens is 1. The molecule has 5 nitrogen and oxygen atoms in total. The van der Waals surface area contributed by atoms with E-state index in [9.17, 15) is 4.79 Å². The zero-order valence-electron chi connectivity index (χ0n) is 12.4. The monoisotopic (exact) mass is 298 g/mol. The summed E-state index contributed by atoms with van der Waals surface area (Å²) in [4.78, 5) is 16.6. The van der Waals surface area contributed by atoms with Gasteiger partial charge in [-0.05, 0) is 37.1 Å². The van der Waals surface area contributed by atoms with Crippen molar-refractivity contribution in [3.8, 4) is 11.6 Å². The topological polar surface area (TPSA) is 60.5 Å². The summed E-state index contributed by atoms with van der Waals surface area (Å²) in [7, 11) is 0. The Kier molecular flexibility index (Phi) is 4.23. The maximum absolute atomic E-state index is 12.5. The van der Waals surface area contributed by atoms with Crippen molar-refractivity contribution in [3.63, 3.8) is 0 Å². The van der Waals surface area contributed by atoms with Gasteiger partial charge in [-0.3, -0.25) is 4.79 Å². The number of pyridine rings is 1. The number of hydrogen-bond donors (Lipinski definition) is 1. The number of para-hydroxylation sites is 1. The van der Waals surface area contributed by atoms with Crippen LogP contribution in [0.4, 0.5) is 5.69 Å². The lowest BCUT2D eigenvalue weighted by atomic mass is 9.96. The molecule has 0 fully saturated rings. The molecule has 0 unspecified atom stereocenters. The number of anilines is 1. The summed E-state index contributed by atoms with van der Waals surface area (Å²) in [6.45, 7) is 2.76. The van der Waals surface area contributed by atoms with Gasteiger partial charge in [0.2, 0.25) is 11.8 Å². The Morgan fingerprint density at radius 1 is 1.36 bits per heavy atom. The number of benzene rings is 1. The van der Waals surface area contributed by atoms with Crippen molar-refractivity contribution in [2.24, 2.45) is 5.92 Å². The summed E-state index contributed by atoms with van der Waals surface area (Å²) < 4.78 is 11.1. The maximum atomic E-state index is 12.5. The molecule has 0 spiro atoms. The highest BCUT2D eigenvalue weighted by atomic mass is 16.5. The van der Waals surface area contributed by atoms with Crippen LogP contribution in [0.3, 0.4) is 0 Å². The largest absolute Gasteiger partial charge is 0.492 e. The fraction of sp³-hybridized carbons (Fsp3) is 0.294. The molecular formula is C17H18N2O3. The Balaban J connectivity index is 1.71. The molecule has 0 bridgehead atoms. The van der Waals surface area contributed by atoms with Crippen molar-refractivity contribution in [2.45, 2.75) is 13.3 Å². The van der Waals surface area contributed by atoms with Crippen LogP contribution >= 0.6 is 0 Å². The van der Waals surface area contributed by atoms with Crippen molar-refractivity contribution in [1.29, 1.82) is 0 Å². The highest BCUT2D eigenvalue weighted by molar-refractivity contribution is 5.94. The normalized spacial score (nSPS) is 16.3. The number of amides is 1. The zero-order valence-corrected chi connectivity index (χ0v) is 12.4. The molecule has 0 radical (unpaired) electrons. The average Bonchev–Trinajstić information content (AvgIpc) is 2.56. The zero-order chi connectivity index (χ0) is 15.4. The lowest BCUT2D eigenvalue weighted by Crippen LogP contribution is -2.32. The Morgan fingerprint density at radius 2 is 2.23 bits per heavy atom. The maximum Gasteiger partial charge on any atom is 0.237 e. The fourth-order valence-electron chi connectivity index (χ4n) is 2.47. The number of nitrogens with one attached hydrogen (secondary N) is 1. The Labute approximate surface area is 129 Å². The summed E-state index contributed by atoms with van der Waals surface area (Å²) in [5.74, 6) is 1.01. The van der Waals surface area contributed by atoms with Crippen LogP contribution in [0.15, 0.2) is 42.6 Å². The molecule has 5 heteroatoms. The standard InChI is InChI=1S/C17H18N2O3/c1-2-21-17-14(7-5-9-18-17)19-16(20)13-10-12-6-3-4-8-15(12)22-11-13/h3-9,13H,2,10-11H2,1H3,(H,19,20)/t13-/m1/s1. The van der Waals surface area contributed by atoms with Crippen LogP contribution in [0.25, 0.3) is 0 Å². The van der Waals surface area contributed by atoms with Gasteiger partial charge in [-0.1, -0.05) is 18.2 Å². The van der Waals surface area contributed by atoms with Gasteiger partial charge in [0, 0.05) is 6.20 Å². The van der Waals surface area contributed by atoms with E-state index in [1.807, 2.05) is 31.2 Å². The van der Waals surface area contributed by atoms with Gasteiger partial charge in [-0.2, -0.15) is 0 Å². The third-order valence-electron chi connectivity index (χ3n) is 3.56. The molecule has 1 amide bonds. The summed E-state index contributed by atoms with van der Waals surface area (Å²) in [5, 5.41) is 2.89. The predicted molar refractivity (Wildman–Crippen MR) is 83.2 cm³/mol. The average molecular weight is 298 g/mol. The predicted octanol–water partition coefficient (Wildman–Crippen LogP) is 2.67. The van der Waals surface area contributed by atoms with E-state index in [1.54, 1.807) is 18.3 Å². The number of rotatable bonds is 4. The summed E-state index contributed by atoms with van der Waals surface area (Å²) in [5.41, 5.74) is 1.65. The smallest absolute Gasteiger partial charge is 0.237 e. The molecule has 0 saturated heterocycles. The first-order valence-electron chi connectivity index (χ1n) is 7.37. The van der Waals surface area contributed by atoms with Gasteiger partial charge >= 0.3 is 0 Å². The van der Waals surface area contributed by atoms with Crippen molar-refractivity contribution in [2.75, 3.05) is 18.5 Å². The van der Waals surface area contributed by atoms with Crippen molar-refractivity contribution in [3.05, 3.63) is 48.2 Å². The van der Waals surface area contributed by atoms with Gasteiger partial charge in [0.15, 0.2) is 0 Å². The molecule has 1 aliphatic rings. The molecule has 2 aromatic rings. The highest BCUT2D eigenvalue weighted by Gasteiger charge is 2.26. The SMILES string of the molecule is CCOc1ncccc1NC(=O)[C@H]1COc2ccccc2C1. The van der Waals surface area contributed by atoms with E-state index < -0.39 is 0 Å². The molecular weight excluding hydrogens is 280 g/mol. The Bertz CT molecular complexity index is 672. The van der Waals surface area contributed by atoms with Crippen LogP contribution in [0.1, 0.15) is 12.5 Å². The van der Waals surface area contributed by atoms with Crippen molar-refractivity contribution < 1.29 is 14.3 Å². The third kappa shape index (κ3) is 3.03. The Hall–Kier alpha value is -2.56. The van der Waals surface area contributed by atoms with Gasteiger partial charge in [-0.25, -0.2) is 4.98 Å². The van der Waals surface area contributed by atoms with Gasteiger partial charge < -0.3 is 14.8 Å². The number of ether oxygens (including phenoxy) is 2. The molecule has 0 saturated carbocycles. The van der Waals surface area contributed by atoms with Gasteiger partial charge in [0.05, 0.1) is 12.5 Å². The number of nitrogens with zero attached hydrogens (tertiary/aromatic N) is 1. The summed E-state index contributed by atoms with van der Waals surface area (Å²) in [6.07, 6.45) is 2.31. The minimum absolute atomic E-state index is 0.0801. The van der Waals surface area contributed by atoms with E-state index in [2.05, 4.69) is 10.3 Å². The van der Waals surface area contributed by atoms with E-state index in [4.69, 9.17) is 9.47 Å². The van der Waals surface area contributed by atoms with E-state index in [0.29, 0.717) is 31.2 Å². The molecule has 114 valence electrons. The second-order valence-electron chi connectivity index (χ2n) is 5.10. The molecule has 1 N–H and O–H groups in total. The van der Waals surface area contributed by atoms with Crippen LogP contribution < -0.4 is 14.8 Å². The molecule has 1 aromatic heterocycles.